The molecular formula is C12H16N2O. The van der Waals surface area contributed by atoms with Crippen LogP contribution in [0.3, 0.4) is 0 Å². The van der Waals surface area contributed by atoms with E-state index in [4.69, 9.17) is 4.74 Å². The van der Waals surface area contributed by atoms with Gasteiger partial charge in [-0.25, -0.2) is 0 Å². The minimum Gasteiger partial charge on any atom is -0.378 e. The number of hydrogen-bond donors (Lipinski definition) is 1. The quantitative estimate of drug-likeness (QED) is 0.795. The lowest BCUT2D eigenvalue weighted by Crippen LogP contribution is -2.34. The average Bonchev–Trinajstić information content (AvgIpc) is 3.15. The second kappa shape index (κ2) is 3.91. The van der Waals surface area contributed by atoms with E-state index in [0.717, 1.165) is 25.7 Å². The molecule has 1 aliphatic carbocycles. The smallest absolute Gasteiger partial charge is 0.0662 e. The molecule has 1 N–H and O–H groups in total. The van der Waals surface area contributed by atoms with E-state index < -0.39 is 0 Å². The zero-order chi connectivity index (χ0) is 10.1. The molecule has 1 aromatic rings. The van der Waals surface area contributed by atoms with Crippen LogP contribution in [0.15, 0.2) is 18.3 Å². The van der Waals surface area contributed by atoms with Crippen molar-refractivity contribution < 1.29 is 4.74 Å². The topological polar surface area (TPSA) is 34.1 Å². The van der Waals surface area contributed by atoms with Crippen LogP contribution in [0.2, 0.25) is 0 Å². The first-order valence-electron chi connectivity index (χ1n) is 5.70. The van der Waals surface area contributed by atoms with Crippen LogP contribution in [0.25, 0.3) is 0 Å². The Bertz CT molecular complexity index is 326. The molecule has 0 radical (unpaired) electrons. The number of hydrogen-bond acceptors (Lipinski definition) is 3. The highest BCUT2D eigenvalue weighted by atomic mass is 16.5. The molecule has 0 bridgehead atoms. The Morgan fingerprint density at radius 1 is 1.33 bits per heavy atom. The third-order valence-electron chi connectivity index (χ3n) is 3.13. The normalized spacial score (nSPS) is 26.5. The van der Waals surface area contributed by atoms with Crippen molar-refractivity contribution in [3.05, 3.63) is 29.6 Å². The summed E-state index contributed by atoms with van der Waals surface area (Å²) in [6, 6.07) is 4.69. The predicted molar refractivity (Wildman–Crippen MR) is 57.8 cm³/mol. The largest absolute Gasteiger partial charge is 0.378 e. The molecule has 0 aromatic carbocycles. The van der Waals surface area contributed by atoms with E-state index in [9.17, 15) is 0 Å². The summed E-state index contributed by atoms with van der Waals surface area (Å²) in [6.45, 7) is 2.53. The first-order chi connectivity index (χ1) is 7.43. The van der Waals surface area contributed by atoms with Crippen molar-refractivity contribution in [1.29, 1.82) is 0 Å². The zero-order valence-electron chi connectivity index (χ0n) is 8.78. The molecule has 2 aliphatic rings. The van der Waals surface area contributed by atoms with Crippen LogP contribution in [-0.2, 0) is 4.74 Å². The highest BCUT2D eigenvalue weighted by Crippen LogP contribution is 2.38. The Labute approximate surface area is 89.9 Å². The van der Waals surface area contributed by atoms with Gasteiger partial charge in [0, 0.05) is 24.4 Å². The van der Waals surface area contributed by atoms with Crippen LogP contribution < -0.4 is 5.32 Å². The van der Waals surface area contributed by atoms with Gasteiger partial charge in [-0.1, -0.05) is 6.07 Å². The number of morpholine rings is 1. The van der Waals surface area contributed by atoms with Crippen LogP contribution in [0.1, 0.15) is 36.1 Å². The molecule has 1 saturated carbocycles. The third kappa shape index (κ3) is 2.03. The summed E-state index contributed by atoms with van der Waals surface area (Å²) in [5, 5.41) is 3.43. The van der Waals surface area contributed by atoms with Gasteiger partial charge in [0.2, 0.25) is 0 Å². The standard InChI is InChI=1S/C12H16N2O/c1-2-9(1)11-4-3-10(7-14-11)12-8-15-6-5-13-12/h3-4,7,9,12-13H,1-2,5-6,8H2/t12-/m1/s1. The third-order valence-corrected chi connectivity index (χ3v) is 3.13. The fourth-order valence-corrected chi connectivity index (χ4v) is 2.02. The first-order valence-corrected chi connectivity index (χ1v) is 5.70. The molecule has 2 fully saturated rings. The van der Waals surface area contributed by atoms with Gasteiger partial charge < -0.3 is 10.1 Å². The number of rotatable bonds is 2. The molecule has 0 unspecified atom stereocenters. The van der Waals surface area contributed by atoms with Crippen molar-refractivity contribution in [2.24, 2.45) is 0 Å². The fourth-order valence-electron chi connectivity index (χ4n) is 2.02. The monoisotopic (exact) mass is 204 g/mol. The summed E-state index contributed by atoms with van der Waals surface area (Å²) in [4.78, 5) is 4.52. The lowest BCUT2D eigenvalue weighted by molar-refractivity contribution is 0.0768. The van der Waals surface area contributed by atoms with Gasteiger partial charge in [-0.15, -0.1) is 0 Å². The molecule has 3 rings (SSSR count). The van der Waals surface area contributed by atoms with Crippen molar-refractivity contribution in [1.82, 2.24) is 10.3 Å². The van der Waals surface area contributed by atoms with Gasteiger partial charge in [0.15, 0.2) is 0 Å². The number of nitrogens with one attached hydrogen (secondary N) is 1. The van der Waals surface area contributed by atoms with Gasteiger partial charge in [-0.3, -0.25) is 4.98 Å². The van der Waals surface area contributed by atoms with Gasteiger partial charge in [0.05, 0.1) is 19.3 Å². The van der Waals surface area contributed by atoms with Gasteiger partial charge in [-0.05, 0) is 24.5 Å². The van der Waals surface area contributed by atoms with E-state index in [1.54, 1.807) is 0 Å². The van der Waals surface area contributed by atoms with E-state index >= 15 is 0 Å². The molecule has 0 amide bonds. The number of nitrogens with zero attached hydrogens (tertiary/aromatic N) is 1. The Balaban J connectivity index is 1.73. The van der Waals surface area contributed by atoms with Crippen LogP contribution >= 0.6 is 0 Å². The predicted octanol–water partition coefficient (Wildman–Crippen LogP) is 1.62. The average molecular weight is 204 g/mol. The lowest BCUT2D eigenvalue weighted by atomic mass is 10.1. The molecule has 2 heterocycles. The van der Waals surface area contributed by atoms with Crippen molar-refractivity contribution >= 4 is 0 Å². The fraction of sp³-hybridized carbons (Fsp3) is 0.583. The summed E-state index contributed by atoms with van der Waals surface area (Å²) >= 11 is 0. The summed E-state index contributed by atoms with van der Waals surface area (Å²) in [5.74, 6) is 0.745. The minimum atomic E-state index is 0.333. The maximum atomic E-state index is 5.44. The summed E-state index contributed by atoms with van der Waals surface area (Å²) in [5.41, 5.74) is 2.51. The molecule has 3 nitrogen and oxygen atoms in total. The van der Waals surface area contributed by atoms with Gasteiger partial charge in [0.25, 0.3) is 0 Å². The van der Waals surface area contributed by atoms with E-state index in [1.165, 1.54) is 24.1 Å². The van der Waals surface area contributed by atoms with E-state index in [1.807, 2.05) is 6.20 Å². The SMILES string of the molecule is c1cc(C2CC2)ncc1[C@H]1COCCN1. The van der Waals surface area contributed by atoms with E-state index in [0.29, 0.717) is 6.04 Å². The van der Waals surface area contributed by atoms with Crippen molar-refractivity contribution in [2.45, 2.75) is 24.8 Å². The molecule has 0 spiro atoms. The van der Waals surface area contributed by atoms with Crippen molar-refractivity contribution in [3.63, 3.8) is 0 Å². The first kappa shape index (κ1) is 9.31. The van der Waals surface area contributed by atoms with Crippen LogP contribution in [0.4, 0.5) is 0 Å². The summed E-state index contributed by atoms with van der Waals surface area (Å²) in [6.07, 6.45) is 4.63. The van der Waals surface area contributed by atoms with Crippen molar-refractivity contribution in [3.8, 4) is 0 Å². The number of ether oxygens (including phenoxy) is 1. The number of aromatic nitrogens is 1. The van der Waals surface area contributed by atoms with E-state index in [-0.39, 0.29) is 0 Å². The van der Waals surface area contributed by atoms with Gasteiger partial charge in [0.1, 0.15) is 0 Å². The number of pyridine rings is 1. The molecule has 1 aromatic heterocycles. The Morgan fingerprint density at radius 2 is 2.27 bits per heavy atom. The molecule has 80 valence electrons. The molecule has 1 saturated heterocycles. The molecule has 3 heteroatoms. The maximum Gasteiger partial charge on any atom is 0.0662 e. The zero-order valence-corrected chi connectivity index (χ0v) is 8.78. The summed E-state index contributed by atoms with van der Waals surface area (Å²) < 4.78 is 5.44. The second-order valence-electron chi connectivity index (χ2n) is 4.37. The highest BCUT2D eigenvalue weighted by Gasteiger charge is 2.25. The molecule has 15 heavy (non-hydrogen) atoms. The molecule has 1 aliphatic heterocycles. The Morgan fingerprint density at radius 3 is 2.87 bits per heavy atom. The van der Waals surface area contributed by atoms with Crippen LogP contribution in [0, 0.1) is 0 Å². The minimum absolute atomic E-state index is 0.333. The Hall–Kier alpha value is -0.930. The molecule has 1 atom stereocenters. The van der Waals surface area contributed by atoms with Crippen LogP contribution in [0.5, 0.6) is 0 Å². The van der Waals surface area contributed by atoms with Crippen molar-refractivity contribution in [2.75, 3.05) is 19.8 Å². The highest BCUT2D eigenvalue weighted by molar-refractivity contribution is 5.22. The second-order valence-corrected chi connectivity index (χ2v) is 4.37. The summed E-state index contributed by atoms with van der Waals surface area (Å²) in [7, 11) is 0. The van der Waals surface area contributed by atoms with Crippen LogP contribution in [-0.4, -0.2) is 24.7 Å². The molecular weight excluding hydrogens is 188 g/mol. The maximum absolute atomic E-state index is 5.44. The van der Waals surface area contributed by atoms with E-state index in [2.05, 4.69) is 22.4 Å². The lowest BCUT2D eigenvalue weighted by Gasteiger charge is -2.23. The van der Waals surface area contributed by atoms with Gasteiger partial charge in [-0.2, -0.15) is 0 Å². The Kier molecular flexibility index (Phi) is 2.43. The van der Waals surface area contributed by atoms with Gasteiger partial charge >= 0.3 is 0 Å².